The van der Waals surface area contributed by atoms with E-state index in [1.807, 2.05) is 36.5 Å². The maximum Gasteiger partial charge on any atom is 0.0543 e. The fourth-order valence-corrected chi connectivity index (χ4v) is 3.23. The summed E-state index contributed by atoms with van der Waals surface area (Å²) < 4.78 is 1.08. The summed E-state index contributed by atoms with van der Waals surface area (Å²) in [5.74, 6) is 0. The lowest BCUT2D eigenvalue weighted by Crippen LogP contribution is -2.43. The highest BCUT2D eigenvalue weighted by Crippen LogP contribution is 2.18. The molecule has 0 N–H and O–H groups in total. The Hall–Kier alpha value is -1.36. The van der Waals surface area contributed by atoms with Gasteiger partial charge in [0.1, 0.15) is 0 Å². The maximum atomic E-state index is 6.24. The Morgan fingerprint density at radius 1 is 1.04 bits per heavy atom. The van der Waals surface area contributed by atoms with Crippen LogP contribution in [0.2, 0.25) is 5.02 Å². The summed E-state index contributed by atoms with van der Waals surface area (Å²) in [6, 6.07) is 16.2. The Balaban J connectivity index is 1.51. The van der Waals surface area contributed by atoms with Crippen molar-refractivity contribution in [3.63, 3.8) is 0 Å². The van der Waals surface area contributed by atoms with E-state index in [1.165, 1.54) is 5.56 Å². The van der Waals surface area contributed by atoms with E-state index in [-0.39, 0.29) is 0 Å². The van der Waals surface area contributed by atoms with Crippen molar-refractivity contribution in [2.24, 2.45) is 5.10 Å². The van der Waals surface area contributed by atoms with Gasteiger partial charge in [-0.1, -0.05) is 57.9 Å². The molecule has 0 aromatic heterocycles. The van der Waals surface area contributed by atoms with E-state index >= 15 is 0 Å². The standard InChI is InChI=1S/C18H19BrClN3/c19-17-6-3-4-15(12-17)13-21-23-10-8-22(9-11-23)14-16-5-1-2-7-18(16)20/h1-7,12-13H,8-11,14H2/b21-13-. The van der Waals surface area contributed by atoms with Crippen LogP contribution < -0.4 is 0 Å². The fourth-order valence-electron chi connectivity index (χ4n) is 2.61. The van der Waals surface area contributed by atoms with Crippen LogP contribution in [0.1, 0.15) is 11.1 Å². The van der Waals surface area contributed by atoms with E-state index in [4.69, 9.17) is 11.6 Å². The van der Waals surface area contributed by atoms with Gasteiger partial charge >= 0.3 is 0 Å². The molecule has 120 valence electrons. The van der Waals surface area contributed by atoms with Crippen LogP contribution in [-0.4, -0.2) is 42.3 Å². The van der Waals surface area contributed by atoms with Crippen LogP contribution in [-0.2, 0) is 6.54 Å². The van der Waals surface area contributed by atoms with Crippen molar-refractivity contribution in [1.82, 2.24) is 9.91 Å². The molecular formula is C18H19BrClN3. The van der Waals surface area contributed by atoms with Crippen molar-refractivity contribution in [2.45, 2.75) is 6.54 Å². The lowest BCUT2D eigenvalue weighted by atomic mass is 10.2. The molecule has 0 unspecified atom stereocenters. The molecule has 5 heteroatoms. The average molecular weight is 393 g/mol. The second-order valence-electron chi connectivity index (χ2n) is 5.62. The Bertz CT molecular complexity index is 681. The molecule has 1 fully saturated rings. The monoisotopic (exact) mass is 391 g/mol. The minimum absolute atomic E-state index is 0.850. The SMILES string of the molecule is Clc1ccccc1CN1CCN(/N=C\c2cccc(Br)c2)CC1. The lowest BCUT2D eigenvalue weighted by molar-refractivity contribution is 0.131. The normalized spacial score (nSPS) is 16.2. The van der Waals surface area contributed by atoms with Crippen molar-refractivity contribution in [3.05, 3.63) is 69.2 Å². The number of benzene rings is 2. The minimum atomic E-state index is 0.850. The van der Waals surface area contributed by atoms with Crippen molar-refractivity contribution in [2.75, 3.05) is 26.2 Å². The first-order valence-corrected chi connectivity index (χ1v) is 8.88. The number of hydrogen-bond donors (Lipinski definition) is 0. The summed E-state index contributed by atoms with van der Waals surface area (Å²) in [6.45, 7) is 4.79. The zero-order valence-corrected chi connectivity index (χ0v) is 15.2. The van der Waals surface area contributed by atoms with E-state index in [9.17, 15) is 0 Å². The minimum Gasteiger partial charge on any atom is -0.295 e. The highest BCUT2D eigenvalue weighted by atomic mass is 79.9. The maximum absolute atomic E-state index is 6.24. The van der Waals surface area contributed by atoms with Crippen LogP contribution in [0.4, 0.5) is 0 Å². The second kappa shape index (κ2) is 7.95. The topological polar surface area (TPSA) is 18.8 Å². The second-order valence-corrected chi connectivity index (χ2v) is 6.94. The van der Waals surface area contributed by atoms with Gasteiger partial charge in [-0.05, 0) is 29.3 Å². The van der Waals surface area contributed by atoms with Gasteiger partial charge in [-0.25, -0.2) is 0 Å². The molecule has 0 radical (unpaired) electrons. The summed E-state index contributed by atoms with van der Waals surface area (Å²) >= 11 is 9.72. The number of nitrogens with zero attached hydrogens (tertiary/aromatic N) is 3. The summed E-state index contributed by atoms with van der Waals surface area (Å²) in [5.41, 5.74) is 2.30. The Kier molecular flexibility index (Phi) is 5.70. The van der Waals surface area contributed by atoms with Gasteiger partial charge in [0.05, 0.1) is 6.21 Å². The van der Waals surface area contributed by atoms with Crippen LogP contribution in [0, 0.1) is 0 Å². The molecule has 0 atom stereocenters. The largest absolute Gasteiger partial charge is 0.295 e. The number of hydrazone groups is 1. The molecule has 1 aliphatic rings. The molecule has 1 saturated heterocycles. The molecule has 0 amide bonds. The smallest absolute Gasteiger partial charge is 0.0543 e. The van der Waals surface area contributed by atoms with Crippen molar-refractivity contribution >= 4 is 33.7 Å². The van der Waals surface area contributed by atoms with Crippen LogP contribution in [0.3, 0.4) is 0 Å². The predicted octanol–water partition coefficient (Wildman–Crippen LogP) is 4.25. The van der Waals surface area contributed by atoms with E-state index in [2.05, 4.69) is 49.1 Å². The van der Waals surface area contributed by atoms with Crippen molar-refractivity contribution in [3.8, 4) is 0 Å². The van der Waals surface area contributed by atoms with Crippen LogP contribution >= 0.6 is 27.5 Å². The molecule has 2 aromatic rings. The highest BCUT2D eigenvalue weighted by molar-refractivity contribution is 9.10. The first kappa shape index (κ1) is 16.5. The third-order valence-corrected chi connectivity index (χ3v) is 4.78. The first-order chi connectivity index (χ1) is 11.2. The van der Waals surface area contributed by atoms with Gasteiger partial charge in [-0.3, -0.25) is 9.91 Å². The molecule has 0 saturated carbocycles. The third-order valence-electron chi connectivity index (χ3n) is 3.92. The highest BCUT2D eigenvalue weighted by Gasteiger charge is 2.16. The van der Waals surface area contributed by atoms with Gasteiger partial charge in [0.25, 0.3) is 0 Å². The van der Waals surface area contributed by atoms with E-state index in [1.54, 1.807) is 0 Å². The molecule has 0 bridgehead atoms. The average Bonchev–Trinajstić information content (AvgIpc) is 2.56. The molecule has 2 aromatic carbocycles. The van der Waals surface area contributed by atoms with Crippen LogP contribution in [0.5, 0.6) is 0 Å². The summed E-state index contributed by atoms with van der Waals surface area (Å²) in [4.78, 5) is 2.42. The summed E-state index contributed by atoms with van der Waals surface area (Å²) in [7, 11) is 0. The van der Waals surface area contributed by atoms with Gasteiger partial charge in [0.2, 0.25) is 0 Å². The molecule has 23 heavy (non-hydrogen) atoms. The van der Waals surface area contributed by atoms with E-state index in [0.717, 1.165) is 47.8 Å². The van der Waals surface area contributed by atoms with E-state index in [0.29, 0.717) is 0 Å². The van der Waals surface area contributed by atoms with Gasteiger partial charge in [-0.15, -0.1) is 0 Å². The number of rotatable bonds is 4. The quantitative estimate of drug-likeness (QED) is 0.724. The van der Waals surface area contributed by atoms with Gasteiger partial charge in [0.15, 0.2) is 0 Å². The summed E-state index contributed by atoms with van der Waals surface area (Å²) in [5, 5.41) is 7.57. The third kappa shape index (κ3) is 4.80. The van der Waals surface area contributed by atoms with Crippen LogP contribution in [0.25, 0.3) is 0 Å². The van der Waals surface area contributed by atoms with Crippen molar-refractivity contribution in [1.29, 1.82) is 0 Å². The lowest BCUT2D eigenvalue weighted by Gasteiger charge is -2.33. The molecule has 0 spiro atoms. The molecule has 3 rings (SSSR count). The molecular weight excluding hydrogens is 374 g/mol. The Morgan fingerprint density at radius 2 is 1.83 bits per heavy atom. The molecule has 0 aliphatic carbocycles. The first-order valence-electron chi connectivity index (χ1n) is 7.71. The van der Waals surface area contributed by atoms with E-state index < -0.39 is 0 Å². The number of piperazine rings is 1. The van der Waals surface area contributed by atoms with Gasteiger partial charge in [0, 0.05) is 42.2 Å². The van der Waals surface area contributed by atoms with Gasteiger partial charge < -0.3 is 0 Å². The Morgan fingerprint density at radius 3 is 2.57 bits per heavy atom. The molecule has 1 heterocycles. The Labute approximate surface area is 150 Å². The zero-order chi connectivity index (χ0) is 16.1. The zero-order valence-electron chi connectivity index (χ0n) is 12.8. The number of halogens is 2. The molecule has 1 aliphatic heterocycles. The van der Waals surface area contributed by atoms with Crippen molar-refractivity contribution < 1.29 is 0 Å². The van der Waals surface area contributed by atoms with Crippen LogP contribution in [0.15, 0.2) is 58.1 Å². The van der Waals surface area contributed by atoms with Gasteiger partial charge in [-0.2, -0.15) is 5.10 Å². The fraction of sp³-hybridized carbons (Fsp3) is 0.278. The predicted molar refractivity (Wildman–Crippen MR) is 100 cm³/mol. The summed E-state index contributed by atoms with van der Waals surface area (Å²) in [6.07, 6.45) is 1.93. The number of hydrogen-bond acceptors (Lipinski definition) is 3. The molecule has 3 nitrogen and oxygen atoms in total.